The summed E-state index contributed by atoms with van der Waals surface area (Å²) in [6, 6.07) is -0.304. The van der Waals surface area contributed by atoms with Gasteiger partial charge in [-0.1, -0.05) is 6.92 Å². The summed E-state index contributed by atoms with van der Waals surface area (Å²) in [4.78, 5) is 25.2. The van der Waals surface area contributed by atoms with Crippen LogP contribution in [0.25, 0.3) is 0 Å². The van der Waals surface area contributed by atoms with Crippen molar-refractivity contribution in [2.45, 2.75) is 44.8 Å². The van der Waals surface area contributed by atoms with Crippen LogP contribution in [0.3, 0.4) is 0 Å². The molecule has 78 valence electrons. The van der Waals surface area contributed by atoms with Gasteiger partial charge in [-0.05, 0) is 26.2 Å². The molecule has 2 fully saturated rings. The normalized spacial score (nSPS) is 37.0. The number of esters is 1. The highest BCUT2D eigenvalue weighted by molar-refractivity contribution is 5.95. The molecule has 0 aromatic rings. The topological polar surface area (TPSA) is 46.6 Å². The first-order valence-electron chi connectivity index (χ1n) is 5.12. The van der Waals surface area contributed by atoms with E-state index in [9.17, 15) is 9.59 Å². The average Bonchev–Trinajstić information content (AvgIpc) is 2.63. The van der Waals surface area contributed by atoms with Crippen molar-refractivity contribution in [2.24, 2.45) is 0 Å². The molecular formula is C10H15NO3. The van der Waals surface area contributed by atoms with E-state index in [0.29, 0.717) is 13.0 Å². The predicted octanol–water partition coefficient (Wildman–Crippen LogP) is 0.703. The van der Waals surface area contributed by atoms with E-state index >= 15 is 0 Å². The number of amides is 1. The quantitative estimate of drug-likeness (QED) is 0.581. The molecule has 0 radical (unpaired) electrons. The Balaban J connectivity index is 2.29. The van der Waals surface area contributed by atoms with Crippen molar-refractivity contribution >= 4 is 11.9 Å². The molecule has 2 aliphatic rings. The number of nitrogens with zero attached hydrogens (tertiary/aromatic N) is 1. The van der Waals surface area contributed by atoms with Gasteiger partial charge >= 0.3 is 5.97 Å². The van der Waals surface area contributed by atoms with E-state index in [2.05, 4.69) is 0 Å². The summed E-state index contributed by atoms with van der Waals surface area (Å²) < 4.78 is 5.22. The molecule has 0 aromatic heterocycles. The van der Waals surface area contributed by atoms with E-state index in [1.54, 1.807) is 11.8 Å². The highest BCUT2D eigenvalue weighted by atomic mass is 16.6. The lowest BCUT2D eigenvalue weighted by Crippen LogP contribution is -2.59. The van der Waals surface area contributed by atoms with Crippen molar-refractivity contribution in [1.82, 2.24) is 4.90 Å². The monoisotopic (exact) mass is 197 g/mol. The Hall–Kier alpha value is -1.06. The second-order valence-electron chi connectivity index (χ2n) is 4.16. The summed E-state index contributed by atoms with van der Waals surface area (Å²) in [5.41, 5.74) is -0.919. The van der Waals surface area contributed by atoms with Gasteiger partial charge in [-0.3, -0.25) is 4.79 Å². The van der Waals surface area contributed by atoms with Crippen molar-refractivity contribution in [3.63, 3.8) is 0 Å². The van der Waals surface area contributed by atoms with Gasteiger partial charge in [0.05, 0.1) is 0 Å². The lowest BCUT2D eigenvalue weighted by atomic mass is 9.98. The van der Waals surface area contributed by atoms with E-state index in [1.807, 2.05) is 6.92 Å². The average molecular weight is 197 g/mol. The van der Waals surface area contributed by atoms with Gasteiger partial charge in [0, 0.05) is 6.54 Å². The van der Waals surface area contributed by atoms with E-state index in [4.69, 9.17) is 4.74 Å². The van der Waals surface area contributed by atoms with Crippen LogP contribution >= 0.6 is 0 Å². The van der Waals surface area contributed by atoms with Crippen LogP contribution in [0.1, 0.15) is 33.1 Å². The fraction of sp³-hybridized carbons (Fsp3) is 0.800. The molecule has 0 N–H and O–H groups in total. The van der Waals surface area contributed by atoms with Gasteiger partial charge in [0.25, 0.3) is 5.91 Å². The second-order valence-corrected chi connectivity index (χ2v) is 4.16. The van der Waals surface area contributed by atoms with Gasteiger partial charge in [-0.25, -0.2) is 4.79 Å². The van der Waals surface area contributed by atoms with Gasteiger partial charge in [-0.2, -0.15) is 0 Å². The first-order valence-corrected chi connectivity index (χ1v) is 5.12. The first-order chi connectivity index (χ1) is 6.58. The van der Waals surface area contributed by atoms with Crippen molar-refractivity contribution in [1.29, 1.82) is 0 Å². The molecule has 0 spiro atoms. The molecule has 0 saturated carbocycles. The Labute approximate surface area is 83.2 Å². The fourth-order valence-corrected chi connectivity index (χ4v) is 2.12. The molecule has 14 heavy (non-hydrogen) atoms. The number of cyclic esters (lactones) is 1. The second kappa shape index (κ2) is 2.97. The number of ether oxygens (including phenoxy) is 1. The summed E-state index contributed by atoms with van der Waals surface area (Å²) in [7, 11) is 0. The van der Waals surface area contributed by atoms with Crippen molar-refractivity contribution in [2.75, 3.05) is 6.54 Å². The molecule has 1 unspecified atom stereocenters. The molecular weight excluding hydrogens is 182 g/mol. The van der Waals surface area contributed by atoms with Crippen molar-refractivity contribution in [3.8, 4) is 0 Å². The predicted molar refractivity (Wildman–Crippen MR) is 49.5 cm³/mol. The Morgan fingerprint density at radius 2 is 2.29 bits per heavy atom. The van der Waals surface area contributed by atoms with Crippen molar-refractivity contribution in [3.05, 3.63) is 0 Å². The van der Waals surface area contributed by atoms with Crippen LogP contribution in [0.4, 0.5) is 0 Å². The van der Waals surface area contributed by atoms with E-state index in [1.165, 1.54) is 0 Å². The Morgan fingerprint density at radius 1 is 1.57 bits per heavy atom. The minimum atomic E-state index is -0.919. The van der Waals surface area contributed by atoms with Gasteiger partial charge < -0.3 is 9.64 Å². The summed E-state index contributed by atoms with van der Waals surface area (Å²) >= 11 is 0. The first kappa shape index (κ1) is 9.49. The number of hydrogen-bond donors (Lipinski definition) is 0. The van der Waals surface area contributed by atoms with E-state index in [-0.39, 0.29) is 17.9 Å². The summed E-state index contributed by atoms with van der Waals surface area (Å²) in [5.74, 6) is -0.256. The lowest BCUT2D eigenvalue weighted by Gasteiger charge is -2.39. The number of rotatable bonds is 1. The molecule has 2 saturated heterocycles. The van der Waals surface area contributed by atoms with Crippen LogP contribution in [0.2, 0.25) is 0 Å². The number of morpholine rings is 1. The van der Waals surface area contributed by atoms with Crippen LogP contribution in [0, 0.1) is 0 Å². The van der Waals surface area contributed by atoms with Gasteiger partial charge in [0.1, 0.15) is 6.04 Å². The molecule has 0 bridgehead atoms. The molecule has 4 nitrogen and oxygen atoms in total. The van der Waals surface area contributed by atoms with Crippen molar-refractivity contribution < 1.29 is 14.3 Å². The third-order valence-electron chi connectivity index (χ3n) is 3.24. The van der Waals surface area contributed by atoms with Gasteiger partial charge in [-0.15, -0.1) is 0 Å². The molecule has 0 aliphatic carbocycles. The molecule has 2 aliphatic heterocycles. The lowest BCUT2D eigenvalue weighted by molar-refractivity contribution is -0.188. The Bertz CT molecular complexity index is 289. The summed E-state index contributed by atoms with van der Waals surface area (Å²) in [5, 5.41) is 0. The standard InChI is InChI=1S/C10H15NO3/c1-3-10(2)9(13)11-6-4-5-7(11)8(12)14-10/h7H,3-6H2,1-2H3/t7?,10-/m1/s1. The highest BCUT2D eigenvalue weighted by Gasteiger charge is 2.50. The van der Waals surface area contributed by atoms with E-state index < -0.39 is 5.60 Å². The third kappa shape index (κ3) is 1.13. The molecule has 2 atom stereocenters. The van der Waals surface area contributed by atoms with Crippen LogP contribution in [-0.2, 0) is 14.3 Å². The molecule has 1 amide bonds. The number of carbonyl (C=O) groups excluding carboxylic acids is 2. The zero-order valence-electron chi connectivity index (χ0n) is 8.58. The minimum Gasteiger partial charge on any atom is -0.448 e. The smallest absolute Gasteiger partial charge is 0.329 e. The SMILES string of the molecule is CC[C@@]1(C)OC(=O)C2CCCN2C1=O. The number of carbonyl (C=O) groups is 2. The fourth-order valence-electron chi connectivity index (χ4n) is 2.12. The molecule has 4 heteroatoms. The largest absolute Gasteiger partial charge is 0.448 e. The maximum absolute atomic E-state index is 12.0. The number of fused-ring (bicyclic) bond motifs is 1. The van der Waals surface area contributed by atoms with Crippen LogP contribution in [-0.4, -0.2) is 35.0 Å². The van der Waals surface area contributed by atoms with Gasteiger partial charge in [0.2, 0.25) is 0 Å². The summed E-state index contributed by atoms with van der Waals surface area (Å²) in [6.45, 7) is 4.26. The molecule has 0 aromatic carbocycles. The Kier molecular flexibility index (Phi) is 2.01. The zero-order valence-corrected chi connectivity index (χ0v) is 8.58. The van der Waals surface area contributed by atoms with Crippen LogP contribution < -0.4 is 0 Å². The van der Waals surface area contributed by atoms with Crippen LogP contribution in [0.5, 0.6) is 0 Å². The van der Waals surface area contributed by atoms with E-state index in [0.717, 1.165) is 12.8 Å². The summed E-state index contributed by atoms with van der Waals surface area (Å²) in [6.07, 6.45) is 2.20. The highest BCUT2D eigenvalue weighted by Crippen LogP contribution is 2.31. The minimum absolute atomic E-state index is 0.0258. The van der Waals surface area contributed by atoms with Gasteiger partial charge in [0.15, 0.2) is 5.60 Å². The number of hydrogen-bond acceptors (Lipinski definition) is 3. The Morgan fingerprint density at radius 3 is 2.93 bits per heavy atom. The van der Waals surface area contributed by atoms with Crippen LogP contribution in [0.15, 0.2) is 0 Å². The molecule has 2 rings (SSSR count). The maximum atomic E-state index is 12.0. The molecule has 2 heterocycles. The zero-order chi connectivity index (χ0) is 10.3. The maximum Gasteiger partial charge on any atom is 0.329 e. The third-order valence-corrected chi connectivity index (χ3v) is 3.24.